The highest BCUT2D eigenvalue weighted by Gasteiger charge is 2.01. The van der Waals surface area contributed by atoms with Crippen LogP contribution >= 0.6 is 11.8 Å². The first-order chi connectivity index (χ1) is 5.59. The number of hydrogen-bond acceptors (Lipinski definition) is 4. The molecule has 0 bridgehead atoms. The fourth-order valence-electron chi connectivity index (χ4n) is 0.592. The second-order valence-electron chi connectivity index (χ2n) is 1.90. The summed E-state index contributed by atoms with van der Waals surface area (Å²) >= 11 is 0.781. The third-order valence-electron chi connectivity index (χ3n) is 1.01. The Hall–Kier alpha value is -1.50. The molecule has 0 aliphatic rings. The van der Waals surface area contributed by atoms with E-state index < -0.39 is 11.2 Å². The molecule has 0 saturated carbocycles. The van der Waals surface area contributed by atoms with Gasteiger partial charge in [-0.25, -0.2) is 4.79 Å². The van der Waals surface area contributed by atoms with Crippen molar-refractivity contribution in [3.05, 3.63) is 27.0 Å². The highest BCUT2D eigenvalue weighted by atomic mass is 32.2. The van der Waals surface area contributed by atoms with Gasteiger partial charge in [-0.2, -0.15) is 0 Å². The third kappa shape index (κ3) is 1.99. The topological polar surface area (TPSA) is 116 Å². The minimum Gasteiger partial charge on any atom is -0.378 e. The van der Waals surface area contributed by atoms with E-state index in [0.29, 0.717) is 0 Å². The largest absolute Gasteiger partial charge is 0.378 e. The van der Waals surface area contributed by atoms with E-state index in [0.717, 1.165) is 11.8 Å². The molecule has 0 fully saturated rings. The second-order valence-corrected chi connectivity index (χ2v) is 2.99. The fourth-order valence-corrected chi connectivity index (χ4v) is 1.09. The Kier molecular flexibility index (Phi) is 2.34. The number of aromatic nitrogens is 2. The Morgan fingerprint density at radius 3 is 2.75 bits per heavy atom. The van der Waals surface area contributed by atoms with E-state index in [-0.39, 0.29) is 10.1 Å². The molecular formula is C5H6N4O2S. The van der Waals surface area contributed by atoms with Gasteiger partial charge in [0.2, 0.25) is 0 Å². The van der Waals surface area contributed by atoms with Gasteiger partial charge in [0.1, 0.15) is 0 Å². The summed E-state index contributed by atoms with van der Waals surface area (Å²) in [5.41, 5.74) is 3.91. The average Bonchev–Trinajstić information content (AvgIpc) is 1.94. The van der Waals surface area contributed by atoms with Crippen LogP contribution in [0.4, 0.5) is 0 Å². The molecule has 5 N–H and O–H groups in total. The summed E-state index contributed by atoms with van der Waals surface area (Å²) < 4.78 is 0. The summed E-state index contributed by atoms with van der Waals surface area (Å²) in [5.74, 6) is 0. The van der Waals surface area contributed by atoms with Crippen LogP contribution in [0.3, 0.4) is 0 Å². The molecule has 0 aliphatic carbocycles. The number of hydrogen-bond donors (Lipinski definition) is 4. The van der Waals surface area contributed by atoms with Crippen LogP contribution in [0.15, 0.2) is 20.7 Å². The van der Waals surface area contributed by atoms with Crippen molar-refractivity contribution in [1.82, 2.24) is 9.97 Å². The summed E-state index contributed by atoms with van der Waals surface area (Å²) in [6.07, 6.45) is 1.22. The molecule has 64 valence electrons. The van der Waals surface area contributed by atoms with Crippen LogP contribution in [0.5, 0.6) is 0 Å². The summed E-state index contributed by atoms with van der Waals surface area (Å²) in [5, 5.41) is 6.68. The van der Waals surface area contributed by atoms with Gasteiger partial charge in [-0.05, 0) is 11.8 Å². The molecule has 1 heterocycles. The lowest BCUT2D eigenvalue weighted by atomic mass is 10.7. The highest BCUT2D eigenvalue weighted by molar-refractivity contribution is 8.13. The van der Waals surface area contributed by atoms with E-state index >= 15 is 0 Å². The van der Waals surface area contributed by atoms with Gasteiger partial charge >= 0.3 is 5.69 Å². The number of H-pyrrole nitrogens is 2. The summed E-state index contributed by atoms with van der Waals surface area (Å²) in [6.45, 7) is 0. The maximum Gasteiger partial charge on any atom is 0.325 e. The molecule has 6 nitrogen and oxygen atoms in total. The fraction of sp³-hybridized carbons (Fsp3) is 0. The molecule has 7 heteroatoms. The Labute approximate surface area is 70.7 Å². The van der Waals surface area contributed by atoms with Crippen molar-refractivity contribution in [2.45, 2.75) is 4.90 Å². The third-order valence-corrected chi connectivity index (χ3v) is 1.75. The maximum atomic E-state index is 10.9. The van der Waals surface area contributed by atoms with Crippen molar-refractivity contribution in [3.8, 4) is 0 Å². The molecular weight excluding hydrogens is 180 g/mol. The van der Waals surface area contributed by atoms with Crippen LogP contribution in [0.25, 0.3) is 0 Å². The van der Waals surface area contributed by atoms with Crippen LogP contribution in [0, 0.1) is 5.41 Å². The van der Waals surface area contributed by atoms with Crippen molar-refractivity contribution in [1.29, 1.82) is 5.41 Å². The Balaban J connectivity index is 3.10. The SMILES string of the molecule is N=C(N)Sc1c[nH]c(=O)[nH]c1=O. The minimum atomic E-state index is -0.576. The van der Waals surface area contributed by atoms with E-state index in [2.05, 4.69) is 4.98 Å². The number of nitrogens with one attached hydrogen (secondary N) is 3. The molecule has 0 saturated heterocycles. The van der Waals surface area contributed by atoms with Crippen molar-refractivity contribution >= 4 is 16.9 Å². The van der Waals surface area contributed by atoms with E-state index in [1.807, 2.05) is 4.98 Å². The van der Waals surface area contributed by atoms with Crippen LogP contribution in [0.1, 0.15) is 0 Å². The predicted octanol–water partition coefficient (Wildman–Crippen LogP) is -0.951. The number of rotatable bonds is 1. The van der Waals surface area contributed by atoms with Gasteiger partial charge in [-0.3, -0.25) is 15.2 Å². The normalized spacial score (nSPS) is 9.67. The van der Waals surface area contributed by atoms with Gasteiger partial charge < -0.3 is 10.7 Å². The van der Waals surface area contributed by atoms with Crippen molar-refractivity contribution in [3.63, 3.8) is 0 Å². The van der Waals surface area contributed by atoms with Gasteiger partial charge in [-0.15, -0.1) is 0 Å². The van der Waals surface area contributed by atoms with Crippen LogP contribution in [0.2, 0.25) is 0 Å². The van der Waals surface area contributed by atoms with Crippen molar-refractivity contribution in [2.75, 3.05) is 0 Å². The molecule has 0 amide bonds. The maximum absolute atomic E-state index is 10.9. The first-order valence-electron chi connectivity index (χ1n) is 2.93. The zero-order chi connectivity index (χ0) is 9.14. The predicted molar refractivity (Wildman–Crippen MR) is 45.5 cm³/mol. The summed E-state index contributed by atoms with van der Waals surface area (Å²) in [7, 11) is 0. The monoisotopic (exact) mass is 186 g/mol. The van der Waals surface area contributed by atoms with Gasteiger partial charge in [0.15, 0.2) is 5.17 Å². The first kappa shape index (κ1) is 8.60. The molecule has 1 rings (SSSR count). The Morgan fingerprint density at radius 1 is 1.58 bits per heavy atom. The quantitative estimate of drug-likeness (QED) is 0.257. The zero-order valence-corrected chi connectivity index (χ0v) is 6.70. The molecule has 0 radical (unpaired) electrons. The molecule has 1 aromatic rings. The second kappa shape index (κ2) is 3.26. The zero-order valence-electron chi connectivity index (χ0n) is 5.88. The average molecular weight is 186 g/mol. The minimum absolute atomic E-state index is 0.196. The summed E-state index contributed by atoms with van der Waals surface area (Å²) in [6, 6.07) is 0. The van der Waals surface area contributed by atoms with E-state index in [1.54, 1.807) is 0 Å². The van der Waals surface area contributed by atoms with Crippen LogP contribution in [-0.4, -0.2) is 15.1 Å². The van der Waals surface area contributed by atoms with Gasteiger partial charge in [0.25, 0.3) is 5.56 Å². The lowest BCUT2D eigenvalue weighted by molar-refractivity contribution is 0.978. The van der Waals surface area contributed by atoms with Gasteiger partial charge in [0, 0.05) is 6.20 Å². The van der Waals surface area contributed by atoms with E-state index in [4.69, 9.17) is 11.1 Å². The smallest absolute Gasteiger partial charge is 0.325 e. The Morgan fingerprint density at radius 2 is 2.25 bits per heavy atom. The molecule has 0 unspecified atom stereocenters. The molecule has 12 heavy (non-hydrogen) atoms. The number of nitrogens with two attached hydrogens (primary N) is 1. The van der Waals surface area contributed by atoms with Crippen LogP contribution < -0.4 is 17.0 Å². The summed E-state index contributed by atoms with van der Waals surface area (Å²) in [4.78, 5) is 25.9. The highest BCUT2D eigenvalue weighted by Crippen LogP contribution is 2.08. The molecule has 0 aromatic carbocycles. The van der Waals surface area contributed by atoms with Crippen LogP contribution in [-0.2, 0) is 0 Å². The molecule has 0 aliphatic heterocycles. The lowest BCUT2D eigenvalue weighted by Gasteiger charge is -1.94. The molecule has 1 aromatic heterocycles. The molecule has 0 spiro atoms. The number of aromatic amines is 2. The van der Waals surface area contributed by atoms with Gasteiger partial charge in [-0.1, -0.05) is 0 Å². The van der Waals surface area contributed by atoms with Crippen molar-refractivity contribution < 1.29 is 0 Å². The Bertz CT molecular complexity index is 406. The van der Waals surface area contributed by atoms with E-state index in [1.165, 1.54) is 6.20 Å². The lowest BCUT2D eigenvalue weighted by Crippen LogP contribution is -2.23. The molecule has 0 atom stereocenters. The number of thioether (sulfide) groups is 1. The van der Waals surface area contributed by atoms with Gasteiger partial charge in [0.05, 0.1) is 4.90 Å². The number of amidine groups is 1. The standard InChI is InChI=1S/C5H6N4O2S/c6-4(7)12-2-1-8-5(11)9-3(2)10/h1H,(H3,6,7)(H2,8,9,10,11). The first-order valence-corrected chi connectivity index (χ1v) is 3.75. The van der Waals surface area contributed by atoms with Crippen molar-refractivity contribution in [2.24, 2.45) is 5.73 Å². The van der Waals surface area contributed by atoms with E-state index in [9.17, 15) is 9.59 Å².